The molecule has 9 heteroatoms. The second kappa shape index (κ2) is 10.8. The van der Waals surface area contributed by atoms with E-state index in [1.54, 1.807) is 18.2 Å². The van der Waals surface area contributed by atoms with Crippen LogP contribution in [0.4, 0.5) is 14.9 Å². The Labute approximate surface area is 205 Å². The van der Waals surface area contributed by atoms with Crippen LogP contribution < -0.4 is 20.5 Å². The lowest BCUT2D eigenvalue weighted by Gasteiger charge is -2.50. The monoisotopic (exact) mass is 493 g/mol. The minimum absolute atomic E-state index is 0.276. The molecule has 3 rings (SSSR count). The van der Waals surface area contributed by atoms with E-state index in [9.17, 15) is 14.3 Å². The predicted molar refractivity (Wildman–Crippen MR) is 131 cm³/mol. The number of urea groups is 1. The summed E-state index contributed by atoms with van der Waals surface area (Å²) in [4.78, 5) is 13.6. The molecule has 1 aliphatic rings. The maximum absolute atomic E-state index is 13.2. The van der Waals surface area contributed by atoms with E-state index in [4.69, 9.17) is 26.8 Å². The van der Waals surface area contributed by atoms with Gasteiger partial charge >= 0.3 is 6.03 Å². The fraction of sp³-hybridized carbons (Fsp3) is 0.480. The summed E-state index contributed by atoms with van der Waals surface area (Å²) in [6.45, 7) is 6.83. The van der Waals surface area contributed by atoms with Gasteiger partial charge < -0.3 is 30.5 Å². The highest BCUT2D eigenvalue weighted by Gasteiger charge is 2.47. The number of rotatable bonds is 9. The molecule has 0 spiro atoms. The molecule has 1 atom stereocenters. The van der Waals surface area contributed by atoms with Crippen LogP contribution in [0.5, 0.6) is 11.5 Å². The fourth-order valence-electron chi connectivity index (χ4n) is 4.44. The zero-order valence-electron chi connectivity index (χ0n) is 19.9. The van der Waals surface area contributed by atoms with Gasteiger partial charge in [0.2, 0.25) is 0 Å². The zero-order chi connectivity index (χ0) is 24.9. The minimum atomic E-state index is -0.868. The van der Waals surface area contributed by atoms with Crippen LogP contribution >= 0.6 is 11.6 Å². The number of nitrogens with one attached hydrogen (secondary N) is 1. The Balaban J connectivity index is 1.55. The summed E-state index contributed by atoms with van der Waals surface area (Å²) < 4.78 is 24.4. The van der Waals surface area contributed by atoms with Crippen LogP contribution in [0.2, 0.25) is 5.02 Å². The highest BCUT2D eigenvalue weighted by Crippen LogP contribution is 2.41. The largest absolute Gasteiger partial charge is 0.495 e. The van der Waals surface area contributed by atoms with E-state index in [0.29, 0.717) is 41.7 Å². The van der Waals surface area contributed by atoms with E-state index in [1.165, 1.54) is 25.3 Å². The van der Waals surface area contributed by atoms with Crippen molar-refractivity contribution in [3.05, 3.63) is 52.8 Å². The summed E-state index contributed by atoms with van der Waals surface area (Å²) in [6.07, 6.45) is 1.86. The number of hydrogen-bond donors (Lipinski definition) is 3. The molecule has 1 saturated heterocycles. The Morgan fingerprint density at radius 3 is 2.59 bits per heavy atom. The normalized spacial score (nSPS) is 20.1. The molecule has 1 aliphatic heterocycles. The molecule has 34 heavy (non-hydrogen) atoms. The molecule has 1 heterocycles. The van der Waals surface area contributed by atoms with Crippen molar-refractivity contribution in [2.24, 2.45) is 11.1 Å². The Morgan fingerprint density at radius 2 is 1.97 bits per heavy atom. The van der Waals surface area contributed by atoms with Crippen molar-refractivity contribution in [2.75, 3.05) is 38.7 Å². The number of amides is 2. The van der Waals surface area contributed by atoms with Gasteiger partial charge in [-0.05, 0) is 36.6 Å². The lowest BCUT2D eigenvalue weighted by atomic mass is 9.67. The summed E-state index contributed by atoms with van der Waals surface area (Å²) in [5, 5.41) is 14.3. The van der Waals surface area contributed by atoms with Gasteiger partial charge in [-0.15, -0.1) is 0 Å². The number of anilines is 1. The first-order chi connectivity index (χ1) is 16.0. The highest BCUT2D eigenvalue weighted by molar-refractivity contribution is 6.32. The number of hydrogen-bond acceptors (Lipinski definition) is 5. The van der Waals surface area contributed by atoms with Gasteiger partial charge in [0.05, 0.1) is 30.0 Å². The SMILES string of the molecule is COc1cc(OCCCN2CCC(O)(Cc3ccc(F)cc3)C(C)(C)C2)c(NC(N)=O)cc1Cl. The Morgan fingerprint density at radius 1 is 1.26 bits per heavy atom. The van der Waals surface area contributed by atoms with Gasteiger partial charge in [-0.3, -0.25) is 0 Å². The highest BCUT2D eigenvalue weighted by atomic mass is 35.5. The van der Waals surface area contributed by atoms with Crippen LogP contribution in [0.25, 0.3) is 0 Å². The van der Waals surface area contributed by atoms with Crippen molar-refractivity contribution < 1.29 is 23.8 Å². The third-order valence-corrected chi connectivity index (χ3v) is 6.81. The standard InChI is InChI=1S/C25H33ClFN3O4/c1-24(2)16-30(11-9-25(24,32)15-17-5-7-18(27)8-6-17)10-4-12-34-22-14-21(33-3)19(26)13-20(22)29-23(28)31/h5-8,13-14,32H,4,9-12,15-16H2,1-3H3,(H3,28,29,31). The maximum Gasteiger partial charge on any atom is 0.316 e. The molecule has 1 fully saturated rings. The van der Waals surface area contributed by atoms with Crippen molar-refractivity contribution in [3.8, 4) is 11.5 Å². The second-order valence-corrected chi connectivity index (χ2v) is 9.83. The summed E-state index contributed by atoms with van der Waals surface area (Å²) in [5.41, 5.74) is 5.34. The van der Waals surface area contributed by atoms with Crippen molar-refractivity contribution in [1.29, 1.82) is 0 Å². The third kappa shape index (κ3) is 6.31. The molecule has 0 aliphatic carbocycles. The van der Waals surface area contributed by atoms with Crippen molar-refractivity contribution >= 4 is 23.3 Å². The topological polar surface area (TPSA) is 97.1 Å². The molecule has 2 aromatic carbocycles. The summed E-state index contributed by atoms with van der Waals surface area (Å²) in [7, 11) is 1.50. The number of piperidine rings is 1. The summed E-state index contributed by atoms with van der Waals surface area (Å²) in [6, 6.07) is 8.78. The number of primary amides is 1. The van der Waals surface area contributed by atoms with Crippen LogP contribution in [0.15, 0.2) is 36.4 Å². The average Bonchev–Trinajstić information content (AvgIpc) is 2.76. The Kier molecular flexibility index (Phi) is 8.28. The molecule has 0 saturated carbocycles. The van der Waals surface area contributed by atoms with E-state index >= 15 is 0 Å². The smallest absolute Gasteiger partial charge is 0.316 e. The molecule has 2 aromatic rings. The van der Waals surface area contributed by atoms with E-state index in [0.717, 1.165) is 31.6 Å². The van der Waals surface area contributed by atoms with Gasteiger partial charge in [-0.2, -0.15) is 0 Å². The van der Waals surface area contributed by atoms with Crippen LogP contribution in [0, 0.1) is 11.2 Å². The van der Waals surface area contributed by atoms with Gasteiger partial charge in [-0.1, -0.05) is 37.6 Å². The number of ether oxygens (including phenoxy) is 2. The summed E-state index contributed by atoms with van der Waals surface area (Å²) >= 11 is 6.14. The Hall–Kier alpha value is -2.55. The van der Waals surface area contributed by atoms with Crippen molar-refractivity contribution in [3.63, 3.8) is 0 Å². The van der Waals surface area contributed by atoms with Crippen LogP contribution in [0.3, 0.4) is 0 Å². The van der Waals surface area contributed by atoms with E-state index < -0.39 is 11.6 Å². The molecular weight excluding hydrogens is 461 g/mol. The first-order valence-corrected chi connectivity index (χ1v) is 11.7. The molecule has 0 radical (unpaired) electrons. The van der Waals surface area contributed by atoms with Crippen molar-refractivity contribution in [2.45, 2.75) is 38.7 Å². The first kappa shape index (κ1) is 26.1. The number of nitrogens with two attached hydrogens (primary N) is 1. The quantitative estimate of drug-likeness (QED) is 0.448. The number of aliphatic hydroxyl groups is 1. The third-order valence-electron chi connectivity index (χ3n) is 6.52. The molecule has 7 nitrogen and oxygen atoms in total. The number of methoxy groups -OCH3 is 1. The lowest BCUT2D eigenvalue weighted by molar-refractivity contribution is -0.118. The van der Waals surface area contributed by atoms with Crippen LogP contribution in [0.1, 0.15) is 32.3 Å². The molecule has 4 N–H and O–H groups in total. The zero-order valence-corrected chi connectivity index (χ0v) is 20.6. The lowest BCUT2D eigenvalue weighted by Crippen LogP contribution is -2.58. The minimum Gasteiger partial charge on any atom is -0.495 e. The van der Waals surface area contributed by atoms with Gasteiger partial charge in [0.1, 0.15) is 17.3 Å². The van der Waals surface area contributed by atoms with Gasteiger partial charge in [-0.25, -0.2) is 9.18 Å². The number of carbonyl (C=O) groups is 1. The average molecular weight is 494 g/mol. The van der Waals surface area contributed by atoms with Gasteiger partial charge in [0.25, 0.3) is 0 Å². The Bertz CT molecular complexity index is 1000. The molecule has 2 amide bonds. The number of likely N-dealkylation sites (tertiary alicyclic amines) is 1. The number of carbonyl (C=O) groups excluding carboxylic acids is 1. The molecule has 0 aromatic heterocycles. The van der Waals surface area contributed by atoms with E-state index in [2.05, 4.69) is 24.1 Å². The maximum atomic E-state index is 13.2. The van der Waals surface area contributed by atoms with Crippen molar-refractivity contribution in [1.82, 2.24) is 4.90 Å². The van der Waals surface area contributed by atoms with Gasteiger partial charge in [0.15, 0.2) is 0 Å². The van der Waals surface area contributed by atoms with E-state index in [-0.39, 0.29) is 11.2 Å². The first-order valence-electron chi connectivity index (χ1n) is 11.3. The molecular formula is C25H33ClFN3O4. The fourth-order valence-corrected chi connectivity index (χ4v) is 4.68. The number of benzene rings is 2. The number of nitrogens with zero attached hydrogens (tertiary/aromatic N) is 1. The number of halogens is 2. The molecule has 0 bridgehead atoms. The van der Waals surface area contributed by atoms with Crippen LogP contribution in [-0.2, 0) is 6.42 Å². The van der Waals surface area contributed by atoms with Crippen LogP contribution in [-0.4, -0.2) is 55.0 Å². The second-order valence-electron chi connectivity index (χ2n) is 9.42. The molecule has 1 unspecified atom stereocenters. The van der Waals surface area contributed by atoms with E-state index in [1.807, 2.05) is 0 Å². The van der Waals surface area contributed by atoms with Gasteiger partial charge in [0, 0.05) is 37.5 Å². The predicted octanol–water partition coefficient (Wildman–Crippen LogP) is 4.45. The molecule has 186 valence electrons. The summed E-state index contributed by atoms with van der Waals surface area (Å²) in [5.74, 6) is 0.583.